The maximum atomic E-state index is 13.3. The molecule has 0 saturated carbocycles. The van der Waals surface area contributed by atoms with Crippen LogP contribution in [0, 0.1) is 5.82 Å². The minimum absolute atomic E-state index is 0.0670. The Bertz CT molecular complexity index is 1240. The van der Waals surface area contributed by atoms with Gasteiger partial charge in [0.05, 0.1) is 23.8 Å². The molecule has 0 bridgehead atoms. The zero-order valence-corrected chi connectivity index (χ0v) is 18.5. The monoisotopic (exact) mass is 478 g/mol. The number of ether oxygens (including phenoxy) is 1. The van der Waals surface area contributed by atoms with Crippen LogP contribution in [0.5, 0.6) is 5.75 Å². The molecule has 0 aliphatic rings. The lowest BCUT2D eigenvalue weighted by molar-refractivity contribution is 0.0916. The molecule has 0 heterocycles. The van der Waals surface area contributed by atoms with E-state index in [-0.39, 0.29) is 28.4 Å². The lowest BCUT2D eigenvalue weighted by Crippen LogP contribution is -2.28. The van der Waals surface area contributed by atoms with Gasteiger partial charge in [0.25, 0.3) is 15.9 Å². The summed E-state index contributed by atoms with van der Waals surface area (Å²) in [5.41, 5.74) is 0.520. The second-order valence-electron chi connectivity index (χ2n) is 6.76. The number of aliphatic hydroxyl groups excluding tert-OH is 1. The van der Waals surface area contributed by atoms with Gasteiger partial charge in [0.2, 0.25) is 0 Å². The topological polar surface area (TPSA) is 105 Å². The number of halogens is 2. The summed E-state index contributed by atoms with van der Waals surface area (Å²) in [6.45, 7) is -0.183. The molecule has 0 spiro atoms. The van der Waals surface area contributed by atoms with Crippen molar-refractivity contribution in [2.45, 2.75) is 11.0 Å². The highest BCUT2D eigenvalue weighted by Crippen LogP contribution is 2.30. The number of sulfonamides is 1. The van der Waals surface area contributed by atoms with Crippen molar-refractivity contribution < 1.29 is 27.4 Å². The molecule has 0 aliphatic heterocycles. The minimum Gasteiger partial charge on any atom is -0.495 e. The van der Waals surface area contributed by atoms with E-state index < -0.39 is 27.9 Å². The molecule has 0 fully saturated rings. The van der Waals surface area contributed by atoms with Gasteiger partial charge in [-0.05, 0) is 54.1 Å². The molecule has 32 heavy (non-hydrogen) atoms. The zero-order chi connectivity index (χ0) is 23.3. The van der Waals surface area contributed by atoms with Crippen molar-refractivity contribution >= 4 is 33.2 Å². The number of hydrogen-bond donors (Lipinski definition) is 3. The first-order valence-corrected chi connectivity index (χ1v) is 11.2. The molecule has 3 aromatic carbocycles. The number of hydrogen-bond acceptors (Lipinski definition) is 5. The second-order valence-corrected chi connectivity index (χ2v) is 8.88. The largest absolute Gasteiger partial charge is 0.495 e. The minimum atomic E-state index is -4.06. The normalized spacial score (nSPS) is 12.1. The average molecular weight is 479 g/mol. The number of rotatable bonds is 8. The number of carbonyl (C=O) groups excluding carboxylic acids is 1. The molecule has 3 N–H and O–H groups in total. The first-order chi connectivity index (χ1) is 15.2. The Kier molecular flexibility index (Phi) is 7.34. The molecule has 0 aromatic heterocycles. The van der Waals surface area contributed by atoms with Crippen molar-refractivity contribution in [1.29, 1.82) is 0 Å². The van der Waals surface area contributed by atoms with Crippen molar-refractivity contribution in [1.82, 2.24) is 5.32 Å². The molecule has 1 amide bonds. The van der Waals surface area contributed by atoms with Gasteiger partial charge in [-0.3, -0.25) is 9.52 Å². The van der Waals surface area contributed by atoms with Crippen molar-refractivity contribution in [2.24, 2.45) is 0 Å². The SMILES string of the molecule is COc1ccc(Cl)cc1NS(=O)(=O)c1cccc(C(=O)NCC(O)c2cccc(F)c2)c1. The molecule has 1 atom stereocenters. The molecular weight excluding hydrogens is 459 g/mol. The van der Waals surface area contributed by atoms with Gasteiger partial charge in [-0.1, -0.05) is 29.8 Å². The Morgan fingerprint density at radius 3 is 2.59 bits per heavy atom. The van der Waals surface area contributed by atoms with Crippen LogP contribution in [-0.2, 0) is 10.0 Å². The molecule has 1 unspecified atom stereocenters. The maximum absolute atomic E-state index is 13.3. The highest BCUT2D eigenvalue weighted by atomic mass is 35.5. The quantitative estimate of drug-likeness (QED) is 0.457. The smallest absolute Gasteiger partial charge is 0.262 e. The number of carbonyl (C=O) groups is 1. The molecule has 10 heteroatoms. The van der Waals surface area contributed by atoms with Crippen molar-refractivity contribution in [2.75, 3.05) is 18.4 Å². The van der Waals surface area contributed by atoms with Crippen molar-refractivity contribution in [3.8, 4) is 5.75 Å². The van der Waals surface area contributed by atoms with Crippen LogP contribution < -0.4 is 14.8 Å². The predicted octanol–water partition coefficient (Wildman–Crippen LogP) is 3.75. The lowest BCUT2D eigenvalue weighted by atomic mass is 10.1. The van der Waals surface area contributed by atoms with E-state index in [0.717, 1.165) is 0 Å². The van der Waals surface area contributed by atoms with Gasteiger partial charge < -0.3 is 15.2 Å². The second kappa shape index (κ2) is 9.99. The van der Waals surface area contributed by atoms with Crippen LogP contribution in [-0.4, -0.2) is 33.1 Å². The van der Waals surface area contributed by atoms with E-state index in [0.29, 0.717) is 10.6 Å². The number of anilines is 1. The van der Waals surface area contributed by atoms with Crippen LogP contribution in [0.3, 0.4) is 0 Å². The molecule has 3 aromatic rings. The molecule has 0 saturated heterocycles. The van der Waals surface area contributed by atoms with E-state index in [4.69, 9.17) is 16.3 Å². The van der Waals surface area contributed by atoms with Crippen LogP contribution in [0.25, 0.3) is 0 Å². The molecule has 168 valence electrons. The summed E-state index contributed by atoms with van der Waals surface area (Å²) in [5, 5.41) is 13.0. The summed E-state index contributed by atoms with van der Waals surface area (Å²) in [5.74, 6) is -0.828. The Labute approximate surface area is 189 Å². The van der Waals surface area contributed by atoms with Gasteiger partial charge in [-0.15, -0.1) is 0 Å². The molecule has 0 radical (unpaired) electrons. The van der Waals surface area contributed by atoms with E-state index in [2.05, 4.69) is 10.0 Å². The average Bonchev–Trinajstić information content (AvgIpc) is 2.77. The van der Waals surface area contributed by atoms with E-state index in [1.807, 2.05) is 0 Å². The van der Waals surface area contributed by atoms with Gasteiger partial charge in [-0.2, -0.15) is 0 Å². The number of nitrogens with one attached hydrogen (secondary N) is 2. The first kappa shape index (κ1) is 23.5. The van der Waals surface area contributed by atoms with Gasteiger partial charge >= 0.3 is 0 Å². The fraction of sp³-hybridized carbons (Fsp3) is 0.136. The van der Waals surface area contributed by atoms with E-state index in [1.54, 1.807) is 6.07 Å². The predicted molar refractivity (Wildman–Crippen MR) is 119 cm³/mol. The third-order valence-electron chi connectivity index (χ3n) is 4.50. The molecule has 7 nitrogen and oxygen atoms in total. The standard InChI is InChI=1S/C22H20ClFN2O5S/c1-31-21-9-8-16(23)12-19(21)26-32(29,30)18-7-3-5-15(11-18)22(28)25-13-20(27)14-4-2-6-17(24)10-14/h2-12,20,26-27H,13H2,1H3,(H,25,28). The van der Waals surface area contributed by atoms with Gasteiger partial charge in [0, 0.05) is 17.1 Å². The first-order valence-electron chi connectivity index (χ1n) is 9.38. The third kappa shape index (κ3) is 5.76. The van der Waals surface area contributed by atoms with E-state index in [9.17, 15) is 22.7 Å². The zero-order valence-electron chi connectivity index (χ0n) is 16.9. The lowest BCUT2D eigenvalue weighted by Gasteiger charge is -2.14. The molecule has 0 aliphatic carbocycles. The third-order valence-corrected chi connectivity index (χ3v) is 6.10. The van der Waals surface area contributed by atoms with Crippen LogP contribution in [0.4, 0.5) is 10.1 Å². The Hall–Kier alpha value is -3.14. The van der Waals surface area contributed by atoms with Gasteiger partial charge in [0.15, 0.2) is 0 Å². The van der Waals surface area contributed by atoms with E-state index in [1.165, 1.54) is 67.8 Å². The molecular formula is C22H20ClFN2O5S. The van der Waals surface area contributed by atoms with Crippen LogP contribution in [0.1, 0.15) is 22.0 Å². The summed E-state index contributed by atoms with van der Waals surface area (Å²) in [7, 11) is -2.66. The number of amides is 1. The summed E-state index contributed by atoms with van der Waals surface area (Å²) >= 11 is 5.94. The summed E-state index contributed by atoms with van der Waals surface area (Å²) in [4.78, 5) is 12.3. The number of methoxy groups -OCH3 is 1. The summed E-state index contributed by atoms with van der Waals surface area (Å²) < 4.78 is 46.5. The molecule has 3 rings (SSSR count). The van der Waals surface area contributed by atoms with Crippen LogP contribution in [0.15, 0.2) is 71.6 Å². The van der Waals surface area contributed by atoms with Crippen LogP contribution in [0.2, 0.25) is 5.02 Å². The fourth-order valence-corrected chi connectivity index (χ4v) is 4.17. The van der Waals surface area contributed by atoms with E-state index >= 15 is 0 Å². The Morgan fingerprint density at radius 2 is 1.88 bits per heavy atom. The highest BCUT2D eigenvalue weighted by molar-refractivity contribution is 7.92. The van der Waals surface area contributed by atoms with Gasteiger partial charge in [0.1, 0.15) is 11.6 Å². The summed E-state index contributed by atoms with van der Waals surface area (Å²) in [6.07, 6.45) is -1.13. The number of aliphatic hydroxyl groups is 1. The summed E-state index contributed by atoms with van der Waals surface area (Å²) in [6, 6.07) is 15.3. The maximum Gasteiger partial charge on any atom is 0.262 e. The van der Waals surface area contributed by atoms with Crippen molar-refractivity contribution in [3.05, 3.63) is 88.7 Å². The van der Waals surface area contributed by atoms with Crippen LogP contribution >= 0.6 is 11.6 Å². The Balaban J connectivity index is 1.74. The Morgan fingerprint density at radius 1 is 1.12 bits per heavy atom. The van der Waals surface area contributed by atoms with Crippen molar-refractivity contribution in [3.63, 3.8) is 0 Å². The van der Waals surface area contributed by atoms with Gasteiger partial charge in [-0.25, -0.2) is 12.8 Å². The number of benzene rings is 3. The highest BCUT2D eigenvalue weighted by Gasteiger charge is 2.19. The fourth-order valence-electron chi connectivity index (χ4n) is 2.89.